The third-order valence-electron chi connectivity index (χ3n) is 3.64. The van der Waals surface area contributed by atoms with E-state index in [0.717, 1.165) is 11.1 Å². The second kappa shape index (κ2) is 4.80. The van der Waals surface area contributed by atoms with Crippen LogP contribution in [0.15, 0.2) is 24.8 Å². The monoisotopic (exact) mass is 299 g/mol. The van der Waals surface area contributed by atoms with Crippen LogP contribution in [0.25, 0.3) is 5.57 Å². The summed E-state index contributed by atoms with van der Waals surface area (Å²) in [7, 11) is 0. The Balaban J connectivity index is 1.89. The number of rotatable bonds is 2. The van der Waals surface area contributed by atoms with Gasteiger partial charge in [0.1, 0.15) is 11.9 Å². The number of halogens is 3. The van der Waals surface area contributed by atoms with Crippen LogP contribution in [0.4, 0.5) is 13.2 Å². The van der Waals surface area contributed by atoms with E-state index in [1.54, 1.807) is 18.5 Å². The van der Waals surface area contributed by atoms with Crippen LogP contribution in [-0.4, -0.2) is 40.3 Å². The molecule has 1 fully saturated rings. The molecule has 1 aliphatic carbocycles. The van der Waals surface area contributed by atoms with E-state index in [9.17, 15) is 18.0 Å². The fraction of sp³-hybridized carbons (Fsp3) is 0.462. The van der Waals surface area contributed by atoms with Crippen molar-refractivity contribution in [2.24, 2.45) is 0 Å². The maximum atomic E-state index is 12.4. The summed E-state index contributed by atoms with van der Waals surface area (Å²) in [5, 5.41) is 3.08. The molecule has 1 aromatic heterocycles. The van der Waals surface area contributed by atoms with Crippen molar-refractivity contribution in [3.8, 4) is 0 Å². The molecule has 0 spiro atoms. The molecule has 2 bridgehead atoms. The maximum absolute atomic E-state index is 12.4. The number of nitrogens with one attached hydrogen (secondary N) is 1. The first-order valence-electron chi connectivity index (χ1n) is 6.39. The Morgan fingerprint density at radius 2 is 2.10 bits per heavy atom. The topological polar surface area (TPSA) is 64.1 Å². The number of aromatic nitrogens is 2. The van der Waals surface area contributed by atoms with E-state index in [2.05, 4.69) is 15.3 Å². The van der Waals surface area contributed by atoms with Crippen LogP contribution >= 0.6 is 0 Å². The van der Waals surface area contributed by atoms with Gasteiger partial charge in [0.2, 0.25) is 0 Å². The predicted octanol–water partition coefficient (Wildman–Crippen LogP) is 1.47. The maximum Gasteiger partial charge on any atom is 0.490 e. The van der Waals surface area contributed by atoms with Gasteiger partial charge in [-0.3, -0.25) is 0 Å². The SMILES string of the molecule is O=C(OC12C=C(c3cncnc3)CC(C1)NC2)C(F)(F)F. The van der Waals surface area contributed by atoms with E-state index in [-0.39, 0.29) is 12.6 Å². The van der Waals surface area contributed by atoms with Crippen LogP contribution in [0.3, 0.4) is 0 Å². The minimum Gasteiger partial charge on any atom is -0.447 e. The number of alkyl halides is 3. The van der Waals surface area contributed by atoms with Crippen molar-refractivity contribution in [1.82, 2.24) is 15.3 Å². The lowest BCUT2D eigenvalue weighted by Gasteiger charge is -2.30. The molecule has 21 heavy (non-hydrogen) atoms. The van der Waals surface area contributed by atoms with Crippen molar-refractivity contribution in [2.45, 2.75) is 30.7 Å². The smallest absolute Gasteiger partial charge is 0.447 e. The Labute approximate surface area is 118 Å². The lowest BCUT2D eigenvalue weighted by molar-refractivity contribution is -0.209. The summed E-state index contributed by atoms with van der Waals surface area (Å²) in [5.74, 6) is -2.16. The fourth-order valence-electron chi connectivity index (χ4n) is 2.79. The standard InChI is InChI=1S/C13H12F3N3O2/c14-13(15,16)11(20)21-12-2-8(1-10(3-12)19-6-12)9-4-17-7-18-5-9/h2,4-5,7,10,19H,1,3,6H2. The minimum atomic E-state index is -4.99. The molecular weight excluding hydrogens is 287 g/mol. The largest absolute Gasteiger partial charge is 0.490 e. The van der Waals surface area contributed by atoms with Crippen LogP contribution < -0.4 is 5.32 Å². The van der Waals surface area contributed by atoms with Crippen molar-refractivity contribution >= 4 is 11.5 Å². The molecule has 0 aromatic carbocycles. The van der Waals surface area contributed by atoms with Crippen molar-refractivity contribution in [3.63, 3.8) is 0 Å². The van der Waals surface area contributed by atoms with Gasteiger partial charge < -0.3 is 10.1 Å². The number of carbonyl (C=O) groups excluding carboxylic acids is 1. The van der Waals surface area contributed by atoms with E-state index in [0.29, 0.717) is 12.8 Å². The van der Waals surface area contributed by atoms with Gasteiger partial charge in [-0.1, -0.05) is 0 Å². The molecule has 3 rings (SSSR count). The number of fused-ring (bicyclic) bond motifs is 2. The molecular formula is C13H12F3N3O2. The Kier molecular flexibility index (Phi) is 3.20. The first-order chi connectivity index (χ1) is 9.88. The summed E-state index contributed by atoms with van der Waals surface area (Å²) in [6.45, 7) is 0.177. The number of nitrogens with zero attached hydrogens (tertiary/aromatic N) is 2. The van der Waals surface area contributed by atoms with E-state index in [1.807, 2.05) is 0 Å². The lowest BCUT2D eigenvalue weighted by atomic mass is 9.85. The van der Waals surface area contributed by atoms with Crippen molar-refractivity contribution < 1.29 is 22.7 Å². The molecule has 1 aliphatic heterocycles. The Bertz CT molecular complexity index is 588. The summed E-state index contributed by atoms with van der Waals surface area (Å²) in [6.07, 6.45) is 2.12. The first kappa shape index (κ1) is 14.0. The molecule has 2 heterocycles. The summed E-state index contributed by atoms with van der Waals surface area (Å²) in [5.41, 5.74) is 0.255. The zero-order valence-electron chi connectivity index (χ0n) is 10.9. The van der Waals surface area contributed by atoms with Gasteiger partial charge in [-0.2, -0.15) is 13.2 Å². The van der Waals surface area contributed by atoms with Crippen LogP contribution in [0, 0.1) is 0 Å². The summed E-state index contributed by atoms with van der Waals surface area (Å²) >= 11 is 0. The first-order valence-corrected chi connectivity index (χ1v) is 6.39. The second-order valence-corrected chi connectivity index (χ2v) is 5.23. The Morgan fingerprint density at radius 3 is 2.76 bits per heavy atom. The van der Waals surface area contributed by atoms with Crippen LogP contribution in [0.5, 0.6) is 0 Å². The average molecular weight is 299 g/mol. The van der Waals surface area contributed by atoms with Crippen molar-refractivity contribution in [3.05, 3.63) is 30.4 Å². The van der Waals surface area contributed by atoms with Gasteiger partial charge in [0, 0.05) is 37.0 Å². The molecule has 1 saturated heterocycles. The number of carbonyl (C=O) groups is 1. The summed E-state index contributed by atoms with van der Waals surface area (Å²) in [6, 6.07) is -0.0220. The fourth-order valence-corrected chi connectivity index (χ4v) is 2.79. The zero-order chi connectivity index (χ0) is 15.1. The third-order valence-corrected chi connectivity index (χ3v) is 3.64. The van der Waals surface area contributed by atoms with Gasteiger partial charge in [-0.15, -0.1) is 0 Å². The summed E-state index contributed by atoms with van der Waals surface area (Å²) < 4.78 is 42.0. The van der Waals surface area contributed by atoms with E-state index in [1.165, 1.54) is 6.33 Å². The van der Waals surface area contributed by atoms with Crippen molar-refractivity contribution in [2.75, 3.05) is 6.54 Å². The van der Waals surface area contributed by atoms with Crippen LogP contribution in [-0.2, 0) is 9.53 Å². The molecule has 0 saturated carbocycles. The minimum absolute atomic E-state index is 0.0220. The molecule has 5 nitrogen and oxygen atoms in total. The van der Waals surface area contributed by atoms with Crippen molar-refractivity contribution in [1.29, 1.82) is 0 Å². The normalized spacial score (nSPS) is 28.1. The number of hydrogen-bond donors (Lipinski definition) is 1. The van der Waals surface area contributed by atoms with Gasteiger partial charge in [-0.05, 0) is 18.1 Å². The molecule has 2 aliphatic rings. The summed E-state index contributed by atoms with van der Waals surface area (Å²) in [4.78, 5) is 18.9. The van der Waals surface area contributed by atoms with Gasteiger partial charge >= 0.3 is 12.1 Å². The molecule has 0 amide bonds. The van der Waals surface area contributed by atoms with Gasteiger partial charge in [-0.25, -0.2) is 14.8 Å². The molecule has 1 N–H and O–H groups in total. The van der Waals surface area contributed by atoms with Gasteiger partial charge in [0.15, 0.2) is 0 Å². The number of hydrogen-bond acceptors (Lipinski definition) is 5. The van der Waals surface area contributed by atoms with Crippen LogP contribution in [0.1, 0.15) is 18.4 Å². The highest BCUT2D eigenvalue weighted by Crippen LogP contribution is 2.39. The Hall–Kier alpha value is -1.96. The molecule has 2 unspecified atom stereocenters. The van der Waals surface area contributed by atoms with Crippen LogP contribution in [0.2, 0.25) is 0 Å². The highest BCUT2D eigenvalue weighted by Gasteiger charge is 2.50. The van der Waals surface area contributed by atoms with E-state index in [4.69, 9.17) is 4.74 Å². The van der Waals surface area contributed by atoms with Gasteiger partial charge in [0.05, 0.1) is 0 Å². The lowest BCUT2D eigenvalue weighted by Crippen LogP contribution is -2.40. The molecule has 8 heteroatoms. The third kappa shape index (κ3) is 2.76. The Morgan fingerprint density at radius 1 is 1.38 bits per heavy atom. The highest BCUT2D eigenvalue weighted by molar-refractivity contribution is 5.77. The second-order valence-electron chi connectivity index (χ2n) is 5.23. The average Bonchev–Trinajstić information content (AvgIpc) is 2.73. The van der Waals surface area contributed by atoms with E-state index < -0.39 is 17.7 Å². The number of esters is 1. The zero-order valence-corrected chi connectivity index (χ0v) is 10.9. The van der Waals surface area contributed by atoms with E-state index >= 15 is 0 Å². The van der Waals surface area contributed by atoms with Gasteiger partial charge in [0.25, 0.3) is 0 Å². The molecule has 2 atom stereocenters. The quantitative estimate of drug-likeness (QED) is 0.838. The highest BCUT2D eigenvalue weighted by atomic mass is 19.4. The number of ether oxygens (including phenoxy) is 1. The molecule has 1 aromatic rings. The predicted molar refractivity (Wildman–Crippen MR) is 65.9 cm³/mol. The molecule has 0 radical (unpaired) electrons. The molecule has 112 valence electrons.